The summed E-state index contributed by atoms with van der Waals surface area (Å²) in [7, 11) is 0. The van der Waals surface area contributed by atoms with Gasteiger partial charge in [-0.15, -0.1) is 0 Å². The van der Waals surface area contributed by atoms with Gasteiger partial charge < -0.3 is 10.2 Å². The summed E-state index contributed by atoms with van der Waals surface area (Å²) < 4.78 is 0. The van der Waals surface area contributed by atoms with E-state index >= 15 is 0 Å². The lowest BCUT2D eigenvalue weighted by atomic mass is 9.95. The van der Waals surface area contributed by atoms with Gasteiger partial charge in [0.25, 0.3) is 0 Å². The Morgan fingerprint density at radius 2 is 1.95 bits per heavy atom. The molecule has 1 heterocycles. The number of carbonyl (C=O) groups excluding carboxylic acids is 2. The molecule has 0 saturated carbocycles. The van der Waals surface area contributed by atoms with Crippen LogP contribution in [0.5, 0.6) is 0 Å². The summed E-state index contributed by atoms with van der Waals surface area (Å²) in [5, 5.41) is 3.80. The number of nitrogens with zero attached hydrogens (tertiary/aromatic N) is 1. The van der Waals surface area contributed by atoms with Crippen molar-refractivity contribution in [2.45, 2.75) is 45.3 Å². The molecule has 1 atom stereocenters. The van der Waals surface area contributed by atoms with Crippen LogP contribution in [0.1, 0.15) is 32.8 Å². The third-order valence-electron chi connectivity index (χ3n) is 3.65. The van der Waals surface area contributed by atoms with Crippen LogP contribution in [0.2, 0.25) is 10.0 Å². The highest BCUT2D eigenvalue weighted by Crippen LogP contribution is 2.26. The summed E-state index contributed by atoms with van der Waals surface area (Å²) in [5.41, 5.74) is -0.125. The molecule has 0 radical (unpaired) electrons. The molecule has 0 spiro atoms. The molecule has 0 bridgehead atoms. The zero-order valence-corrected chi connectivity index (χ0v) is 13.8. The Hall–Kier alpha value is -1.26. The second-order valence-corrected chi connectivity index (χ2v) is 6.55. The molecule has 1 aromatic rings. The fraction of sp³-hybridized carbons (Fsp3) is 0.467. The first kappa shape index (κ1) is 16.1. The van der Waals surface area contributed by atoms with Crippen molar-refractivity contribution in [1.29, 1.82) is 0 Å². The predicted molar refractivity (Wildman–Crippen MR) is 83.3 cm³/mol. The minimum atomic E-state index is -0.901. The molecule has 6 heteroatoms. The van der Waals surface area contributed by atoms with E-state index in [9.17, 15) is 9.59 Å². The lowest BCUT2D eigenvalue weighted by molar-refractivity contribution is -0.154. The largest absolute Gasteiger partial charge is 0.340 e. The van der Waals surface area contributed by atoms with Gasteiger partial charge in [0.1, 0.15) is 11.6 Å². The van der Waals surface area contributed by atoms with E-state index < -0.39 is 11.6 Å². The number of carbonyl (C=O) groups is 2. The number of amides is 2. The highest BCUT2D eigenvalue weighted by atomic mass is 35.5. The van der Waals surface area contributed by atoms with Crippen molar-refractivity contribution < 1.29 is 9.59 Å². The van der Waals surface area contributed by atoms with E-state index in [1.807, 2.05) is 6.92 Å². The first-order chi connectivity index (χ1) is 9.76. The maximum atomic E-state index is 12.6. The third-order valence-corrected chi connectivity index (χ3v) is 4.24. The Morgan fingerprint density at radius 3 is 2.52 bits per heavy atom. The molecule has 4 nitrogen and oxygen atoms in total. The molecule has 1 aliphatic rings. The van der Waals surface area contributed by atoms with E-state index in [4.69, 9.17) is 23.2 Å². The number of benzene rings is 1. The van der Waals surface area contributed by atoms with Crippen molar-refractivity contribution in [1.82, 2.24) is 10.2 Å². The predicted octanol–water partition coefficient (Wildman–Crippen LogP) is 3.01. The van der Waals surface area contributed by atoms with Gasteiger partial charge in [-0.05, 0) is 38.0 Å². The van der Waals surface area contributed by atoms with Crippen molar-refractivity contribution in [2.24, 2.45) is 0 Å². The maximum Gasteiger partial charge on any atom is 0.248 e. The fourth-order valence-corrected chi connectivity index (χ4v) is 2.98. The molecule has 1 aliphatic heterocycles. The summed E-state index contributed by atoms with van der Waals surface area (Å²) >= 11 is 12.1. The number of hydrogen-bond donors (Lipinski definition) is 1. The van der Waals surface area contributed by atoms with Crippen LogP contribution in [0.3, 0.4) is 0 Å². The first-order valence-corrected chi connectivity index (χ1v) is 7.59. The maximum absolute atomic E-state index is 12.6. The average molecular weight is 329 g/mol. The van der Waals surface area contributed by atoms with Gasteiger partial charge in [-0.3, -0.25) is 9.59 Å². The van der Waals surface area contributed by atoms with Gasteiger partial charge in [0.15, 0.2) is 0 Å². The van der Waals surface area contributed by atoms with Crippen LogP contribution in [-0.4, -0.2) is 28.3 Å². The van der Waals surface area contributed by atoms with Crippen LogP contribution in [0.25, 0.3) is 0 Å². The van der Waals surface area contributed by atoms with Gasteiger partial charge in [0.05, 0.1) is 0 Å². The van der Waals surface area contributed by atoms with E-state index in [0.717, 1.165) is 5.56 Å². The number of hydrogen-bond acceptors (Lipinski definition) is 2. The summed E-state index contributed by atoms with van der Waals surface area (Å²) in [5.74, 6) is -0.243. The van der Waals surface area contributed by atoms with Crippen LogP contribution in [0, 0.1) is 0 Å². The number of halogens is 2. The number of rotatable bonds is 3. The van der Waals surface area contributed by atoms with E-state index in [2.05, 4.69) is 5.32 Å². The summed E-state index contributed by atoms with van der Waals surface area (Å²) in [6, 6.07) is 4.67. The Bertz CT molecular complexity index is 587. The molecule has 21 heavy (non-hydrogen) atoms. The zero-order valence-electron chi connectivity index (χ0n) is 12.2. The Balaban J connectivity index is 2.33. The second-order valence-electron chi connectivity index (χ2n) is 5.71. The van der Waals surface area contributed by atoms with E-state index in [1.54, 1.807) is 36.9 Å². The van der Waals surface area contributed by atoms with Crippen LogP contribution < -0.4 is 5.32 Å². The fourth-order valence-electron chi connectivity index (χ4n) is 2.51. The average Bonchev–Trinajstić information content (AvgIpc) is 2.38. The monoisotopic (exact) mass is 328 g/mol. The van der Waals surface area contributed by atoms with Crippen LogP contribution in [0.4, 0.5) is 0 Å². The molecule has 114 valence electrons. The van der Waals surface area contributed by atoms with Gasteiger partial charge in [0, 0.05) is 16.6 Å². The summed E-state index contributed by atoms with van der Waals surface area (Å²) in [6.07, 6.45) is 0.554. The molecule has 2 amide bonds. The molecule has 1 fully saturated rings. The van der Waals surface area contributed by atoms with Crippen LogP contribution in [-0.2, 0) is 16.1 Å². The molecule has 1 N–H and O–H groups in total. The molecule has 1 aromatic carbocycles. The van der Waals surface area contributed by atoms with E-state index in [1.165, 1.54) is 0 Å². The molecule has 1 unspecified atom stereocenters. The van der Waals surface area contributed by atoms with Gasteiger partial charge >= 0.3 is 0 Å². The van der Waals surface area contributed by atoms with Crippen molar-refractivity contribution in [3.8, 4) is 0 Å². The van der Waals surface area contributed by atoms with Crippen molar-refractivity contribution in [2.75, 3.05) is 0 Å². The van der Waals surface area contributed by atoms with Gasteiger partial charge in [-0.25, -0.2) is 0 Å². The minimum absolute atomic E-state index is 0.111. The summed E-state index contributed by atoms with van der Waals surface area (Å²) in [6.45, 7) is 5.58. The standard InChI is InChI=1S/C15H18Cl2N2O2/c1-4-12-13(20)18-15(2,3)14(21)19(12)8-9-5-6-10(16)7-11(9)17/h5-7,12H,4,8H2,1-3H3,(H,18,20). The van der Waals surface area contributed by atoms with Gasteiger partial charge in [0.2, 0.25) is 11.8 Å². The topological polar surface area (TPSA) is 49.4 Å². The summed E-state index contributed by atoms with van der Waals surface area (Å²) in [4.78, 5) is 26.3. The van der Waals surface area contributed by atoms with Gasteiger partial charge in [-0.1, -0.05) is 36.2 Å². The molecule has 2 rings (SSSR count). The van der Waals surface area contributed by atoms with Crippen molar-refractivity contribution >= 4 is 35.0 Å². The zero-order chi connectivity index (χ0) is 15.8. The van der Waals surface area contributed by atoms with Crippen molar-refractivity contribution in [3.05, 3.63) is 33.8 Å². The smallest absolute Gasteiger partial charge is 0.248 e. The Labute approximate surface area is 134 Å². The van der Waals surface area contributed by atoms with E-state index in [0.29, 0.717) is 23.0 Å². The minimum Gasteiger partial charge on any atom is -0.340 e. The van der Waals surface area contributed by atoms with Crippen LogP contribution in [0.15, 0.2) is 18.2 Å². The lowest BCUT2D eigenvalue weighted by Crippen LogP contribution is -2.67. The third kappa shape index (κ3) is 3.16. The highest BCUT2D eigenvalue weighted by molar-refractivity contribution is 6.35. The molecule has 0 aromatic heterocycles. The SMILES string of the molecule is CCC1C(=O)NC(C)(C)C(=O)N1Cc1ccc(Cl)cc1Cl. The highest BCUT2D eigenvalue weighted by Gasteiger charge is 2.44. The van der Waals surface area contributed by atoms with Gasteiger partial charge in [-0.2, -0.15) is 0 Å². The Kier molecular flexibility index (Phi) is 4.49. The lowest BCUT2D eigenvalue weighted by Gasteiger charge is -2.42. The number of piperazine rings is 1. The normalized spacial score (nSPS) is 21.4. The van der Waals surface area contributed by atoms with Crippen LogP contribution >= 0.6 is 23.2 Å². The molecular formula is C15H18Cl2N2O2. The Morgan fingerprint density at radius 1 is 1.29 bits per heavy atom. The number of nitrogens with one attached hydrogen (secondary N) is 1. The molecule has 0 aliphatic carbocycles. The second kappa shape index (κ2) is 5.85. The van der Waals surface area contributed by atoms with E-state index in [-0.39, 0.29) is 11.8 Å². The molecular weight excluding hydrogens is 311 g/mol. The first-order valence-electron chi connectivity index (χ1n) is 6.83. The quantitative estimate of drug-likeness (QED) is 0.927. The van der Waals surface area contributed by atoms with Crippen molar-refractivity contribution in [3.63, 3.8) is 0 Å². The molecule has 1 saturated heterocycles.